The minimum atomic E-state index is -0.447. The van der Waals surface area contributed by atoms with Crippen LogP contribution >= 0.6 is 0 Å². The highest BCUT2D eigenvalue weighted by molar-refractivity contribution is 5.77. The molecule has 5 nitrogen and oxygen atoms in total. The molecule has 2 aliphatic heterocycles. The number of halogens is 1. The maximum atomic E-state index is 13.7. The number of carbonyl (C=O) groups is 1. The van der Waals surface area contributed by atoms with E-state index in [0.29, 0.717) is 44.9 Å². The molecule has 1 atom stereocenters. The summed E-state index contributed by atoms with van der Waals surface area (Å²) in [4.78, 5) is 18.0. The Hall–Kier alpha value is -1.69. The lowest BCUT2D eigenvalue weighted by molar-refractivity contribution is -0.193. The van der Waals surface area contributed by atoms with Crippen molar-refractivity contribution in [2.45, 2.75) is 51.2 Å². The number of amides is 1. The summed E-state index contributed by atoms with van der Waals surface area (Å²) in [6, 6.07) is 2.89. The van der Waals surface area contributed by atoms with Gasteiger partial charge in [-0.05, 0) is 24.5 Å². The van der Waals surface area contributed by atoms with Crippen molar-refractivity contribution in [2.24, 2.45) is 5.92 Å². The fourth-order valence-electron chi connectivity index (χ4n) is 3.32. The van der Waals surface area contributed by atoms with Crippen molar-refractivity contribution in [3.05, 3.63) is 24.1 Å². The van der Waals surface area contributed by atoms with E-state index in [1.165, 1.54) is 12.3 Å². The zero-order chi connectivity index (χ0) is 17.2. The lowest BCUT2D eigenvalue weighted by Gasteiger charge is -2.53. The van der Waals surface area contributed by atoms with E-state index in [1.54, 1.807) is 6.07 Å². The van der Waals surface area contributed by atoms with E-state index in [0.717, 1.165) is 6.42 Å². The van der Waals surface area contributed by atoms with Crippen LogP contribution in [0.3, 0.4) is 0 Å². The molecule has 1 unspecified atom stereocenters. The van der Waals surface area contributed by atoms with E-state index in [1.807, 2.05) is 4.90 Å². The van der Waals surface area contributed by atoms with Crippen LogP contribution in [-0.2, 0) is 9.53 Å². The lowest BCUT2D eigenvalue weighted by Crippen LogP contribution is -2.67. The molecule has 2 aliphatic rings. The van der Waals surface area contributed by atoms with Gasteiger partial charge in [0.05, 0.1) is 19.7 Å². The highest BCUT2D eigenvalue weighted by Crippen LogP contribution is 2.36. The lowest BCUT2D eigenvalue weighted by atomic mass is 9.84. The first kappa shape index (κ1) is 17.1. The summed E-state index contributed by atoms with van der Waals surface area (Å²) in [6.45, 7) is 6.01. The zero-order valence-corrected chi connectivity index (χ0v) is 14.3. The van der Waals surface area contributed by atoms with Gasteiger partial charge >= 0.3 is 0 Å². The molecule has 1 aromatic rings. The smallest absolute Gasteiger partial charge is 0.250 e. The maximum absolute atomic E-state index is 13.7. The van der Waals surface area contributed by atoms with Gasteiger partial charge < -0.3 is 14.4 Å². The van der Waals surface area contributed by atoms with Gasteiger partial charge in [0.25, 0.3) is 5.88 Å². The van der Waals surface area contributed by atoms with E-state index in [9.17, 15) is 9.18 Å². The minimum absolute atomic E-state index is 0.0451. The molecule has 0 saturated carbocycles. The van der Waals surface area contributed by atoms with Gasteiger partial charge in [-0.1, -0.05) is 13.8 Å². The highest BCUT2D eigenvalue weighted by Gasteiger charge is 2.49. The molecule has 1 aromatic heterocycles. The second-order valence-electron chi connectivity index (χ2n) is 7.24. The van der Waals surface area contributed by atoms with Crippen LogP contribution in [0.25, 0.3) is 0 Å². The van der Waals surface area contributed by atoms with E-state index in [2.05, 4.69) is 18.8 Å². The van der Waals surface area contributed by atoms with Gasteiger partial charge in [0.2, 0.25) is 5.91 Å². The number of nitrogens with zero attached hydrogens (tertiary/aromatic N) is 2. The van der Waals surface area contributed by atoms with Crippen LogP contribution in [0.15, 0.2) is 18.3 Å². The van der Waals surface area contributed by atoms with Gasteiger partial charge in [-0.2, -0.15) is 0 Å². The van der Waals surface area contributed by atoms with Crippen LogP contribution in [0.4, 0.5) is 4.39 Å². The van der Waals surface area contributed by atoms with E-state index < -0.39 is 5.82 Å². The van der Waals surface area contributed by atoms with Crippen LogP contribution in [0.5, 0.6) is 5.88 Å². The first-order valence-corrected chi connectivity index (χ1v) is 8.66. The van der Waals surface area contributed by atoms with Gasteiger partial charge in [0.1, 0.15) is 11.7 Å². The van der Waals surface area contributed by atoms with Gasteiger partial charge in [-0.15, -0.1) is 0 Å². The Morgan fingerprint density at radius 1 is 1.54 bits per heavy atom. The van der Waals surface area contributed by atoms with Crippen molar-refractivity contribution in [1.29, 1.82) is 0 Å². The number of aromatic nitrogens is 1. The number of hydrogen-bond donors (Lipinski definition) is 0. The van der Waals surface area contributed by atoms with Crippen LogP contribution < -0.4 is 4.74 Å². The van der Waals surface area contributed by atoms with Crippen molar-refractivity contribution in [1.82, 2.24) is 9.88 Å². The Labute approximate surface area is 142 Å². The molecule has 0 bridgehead atoms. The average Bonchev–Trinajstić information content (AvgIpc) is 2.52. The number of pyridine rings is 1. The highest BCUT2D eigenvalue weighted by atomic mass is 19.1. The van der Waals surface area contributed by atoms with E-state index in [-0.39, 0.29) is 23.5 Å². The molecule has 0 N–H and O–H groups in total. The summed E-state index contributed by atoms with van der Waals surface area (Å²) in [5, 5.41) is 0. The fraction of sp³-hybridized carbons (Fsp3) is 0.667. The second kappa shape index (κ2) is 7.05. The van der Waals surface area contributed by atoms with Gasteiger partial charge in [-0.25, -0.2) is 9.37 Å². The van der Waals surface area contributed by atoms with Crippen molar-refractivity contribution < 1.29 is 18.7 Å². The van der Waals surface area contributed by atoms with Gasteiger partial charge in [0.15, 0.2) is 5.82 Å². The third-order valence-electron chi connectivity index (χ3n) is 4.70. The molecule has 0 radical (unpaired) electrons. The van der Waals surface area contributed by atoms with Crippen molar-refractivity contribution >= 4 is 5.91 Å². The molecular formula is C18H25FN2O3. The number of hydrogen-bond acceptors (Lipinski definition) is 4. The van der Waals surface area contributed by atoms with Crippen molar-refractivity contribution in [2.75, 3.05) is 19.7 Å². The molecule has 6 heteroatoms. The number of ether oxygens (including phenoxy) is 2. The van der Waals surface area contributed by atoms with Gasteiger partial charge in [-0.3, -0.25) is 4.79 Å². The molecule has 2 fully saturated rings. The monoisotopic (exact) mass is 336 g/mol. The molecule has 3 rings (SSSR count). The van der Waals surface area contributed by atoms with Crippen LogP contribution in [0.1, 0.15) is 39.5 Å². The first-order valence-electron chi connectivity index (χ1n) is 8.66. The summed E-state index contributed by atoms with van der Waals surface area (Å²) in [5.41, 5.74) is -0.332. The Morgan fingerprint density at radius 2 is 2.33 bits per heavy atom. The molecule has 0 aromatic carbocycles. The first-order chi connectivity index (χ1) is 11.5. The Morgan fingerprint density at radius 3 is 3.04 bits per heavy atom. The summed E-state index contributed by atoms with van der Waals surface area (Å²) < 4.78 is 25.3. The third kappa shape index (κ3) is 3.86. The second-order valence-corrected chi connectivity index (χ2v) is 7.24. The Bertz CT molecular complexity index is 587. The standard InChI is InChI=1S/C18H25FN2O3/c1-13(2)5-6-16(22)21-11-18(12-21)10-14(7-9-23-18)24-17-15(19)4-3-8-20-17/h3-4,8,13-14H,5-7,9-12H2,1-2H3. The van der Waals surface area contributed by atoms with Crippen LogP contribution in [0.2, 0.25) is 0 Å². The van der Waals surface area contributed by atoms with Crippen molar-refractivity contribution in [3.8, 4) is 5.88 Å². The maximum Gasteiger partial charge on any atom is 0.250 e. The topological polar surface area (TPSA) is 51.7 Å². The predicted octanol–water partition coefficient (Wildman–Crippen LogP) is 2.80. The molecule has 1 spiro atoms. The Kier molecular flexibility index (Phi) is 5.04. The van der Waals surface area contributed by atoms with E-state index in [4.69, 9.17) is 9.47 Å². The zero-order valence-electron chi connectivity index (χ0n) is 14.3. The fourth-order valence-corrected chi connectivity index (χ4v) is 3.32. The molecule has 1 amide bonds. The quantitative estimate of drug-likeness (QED) is 0.830. The summed E-state index contributed by atoms with van der Waals surface area (Å²) in [5.74, 6) is 0.318. The van der Waals surface area contributed by atoms with E-state index >= 15 is 0 Å². The summed E-state index contributed by atoms with van der Waals surface area (Å²) in [6.07, 6.45) is 4.26. The number of rotatable bonds is 5. The van der Waals surface area contributed by atoms with Crippen molar-refractivity contribution in [3.63, 3.8) is 0 Å². The molecular weight excluding hydrogens is 311 g/mol. The SMILES string of the molecule is CC(C)CCC(=O)N1CC2(CC(Oc3ncccc3F)CCO2)C1. The average molecular weight is 336 g/mol. The normalized spacial score (nSPS) is 22.5. The predicted molar refractivity (Wildman–Crippen MR) is 87.2 cm³/mol. The largest absolute Gasteiger partial charge is 0.472 e. The molecule has 132 valence electrons. The Balaban J connectivity index is 1.52. The molecule has 0 aliphatic carbocycles. The third-order valence-corrected chi connectivity index (χ3v) is 4.70. The number of likely N-dealkylation sites (tertiary alicyclic amines) is 1. The van der Waals surface area contributed by atoms with Gasteiger partial charge in [0, 0.05) is 25.5 Å². The number of carbonyl (C=O) groups excluding carboxylic acids is 1. The van der Waals surface area contributed by atoms with Crippen LogP contribution in [-0.4, -0.2) is 47.2 Å². The molecule has 2 saturated heterocycles. The molecule has 24 heavy (non-hydrogen) atoms. The van der Waals surface area contributed by atoms with Crippen LogP contribution in [0, 0.1) is 11.7 Å². The minimum Gasteiger partial charge on any atom is -0.472 e. The summed E-state index contributed by atoms with van der Waals surface area (Å²) >= 11 is 0. The summed E-state index contributed by atoms with van der Waals surface area (Å²) in [7, 11) is 0. The molecule has 3 heterocycles.